The zero-order chi connectivity index (χ0) is 26.8. The molecule has 8 nitrogen and oxygen atoms in total. The minimum Gasteiger partial charge on any atom is -0.370 e. The van der Waals surface area contributed by atoms with Crippen molar-refractivity contribution in [3.8, 4) is 0 Å². The molecule has 3 aliphatic rings. The molecule has 1 aromatic heterocycles. The average molecular weight is 567 g/mol. The lowest BCUT2D eigenvalue weighted by atomic mass is 10.1. The van der Waals surface area contributed by atoms with Gasteiger partial charge in [-0.3, -0.25) is 14.4 Å². The highest BCUT2D eigenvalue weighted by atomic mass is 35.5. The Morgan fingerprint density at radius 3 is 2.47 bits per heavy atom. The van der Waals surface area contributed by atoms with E-state index in [2.05, 4.69) is 16.0 Å². The Morgan fingerprint density at radius 2 is 1.87 bits per heavy atom. The lowest BCUT2D eigenvalue weighted by molar-refractivity contribution is -0.125. The number of rotatable bonds is 11. The summed E-state index contributed by atoms with van der Waals surface area (Å²) in [6, 6.07) is 6.78. The fourth-order valence-electron chi connectivity index (χ4n) is 4.80. The van der Waals surface area contributed by atoms with Crippen molar-refractivity contribution in [2.24, 2.45) is 11.8 Å². The summed E-state index contributed by atoms with van der Waals surface area (Å²) in [5.41, 5.74) is -0.0584. The van der Waals surface area contributed by atoms with Gasteiger partial charge in [-0.15, -0.1) is 11.3 Å². The third-order valence-corrected chi connectivity index (χ3v) is 8.27. The average Bonchev–Trinajstić information content (AvgIpc) is 3.83. The zero-order valence-electron chi connectivity index (χ0n) is 20.6. The number of carbonyl (C=O) groups is 3. The van der Waals surface area contributed by atoms with Crippen LogP contribution in [0.3, 0.4) is 0 Å². The first-order valence-corrected chi connectivity index (χ1v) is 13.9. The number of hydrogen-bond acceptors (Lipinski definition) is 6. The summed E-state index contributed by atoms with van der Waals surface area (Å²) in [4.78, 5) is 39.9. The van der Waals surface area contributed by atoms with Gasteiger partial charge in [0.2, 0.25) is 5.91 Å². The maximum atomic E-state index is 14.0. The van der Waals surface area contributed by atoms with Crippen LogP contribution in [0, 0.1) is 11.8 Å². The zero-order valence-corrected chi connectivity index (χ0v) is 22.1. The summed E-state index contributed by atoms with van der Waals surface area (Å²) in [6.07, 6.45) is 1.55. The van der Waals surface area contributed by atoms with E-state index in [0.717, 1.165) is 37.0 Å². The molecule has 38 heavy (non-hydrogen) atoms. The number of morpholine rings is 1. The fourth-order valence-corrected chi connectivity index (χ4v) is 5.76. The van der Waals surface area contributed by atoms with E-state index in [0.29, 0.717) is 21.0 Å². The molecule has 2 saturated carbocycles. The topological polar surface area (TPSA) is 99.8 Å². The van der Waals surface area contributed by atoms with E-state index in [4.69, 9.17) is 16.3 Å². The van der Waals surface area contributed by atoms with Crippen molar-refractivity contribution in [3.63, 3.8) is 0 Å². The summed E-state index contributed by atoms with van der Waals surface area (Å²) in [7, 11) is 0. The number of anilines is 2. The van der Waals surface area contributed by atoms with Gasteiger partial charge < -0.3 is 25.6 Å². The van der Waals surface area contributed by atoms with Crippen molar-refractivity contribution in [1.82, 2.24) is 10.6 Å². The SMILES string of the molecule is O=C(NC[C@H](NC(C1CC1)C1CC1)C(=O)Nc1ccc(N2CCOCC2=O)c(C(F)F)c1)c1ccc(Cl)s1. The molecule has 204 valence electrons. The molecular weight excluding hydrogens is 538 g/mol. The van der Waals surface area contributed by atoms with Crippen LogP contribution in [0.2, 0.25) is 4.34 Å². The molecule has 2 heterocycles. The molecule has 1 atom stereocenters. The monoisotopic (exact) mass is 566 g/mol. The van der Waals surface area contributed by atoms with Crippen molar-refractivity contribution in [1.29, 1.82) is 0 Å². The molecule has 5 rings (SSSR count). The molecule has 0 unspecified atom stereocenters. The molecule has 1 aliphatic heterocycles. The summed E-state index contributed by atoms with van der Waals surface area (Å²) < 4.78 is 33.5. The number of benzene rings is 1. The molecule has 1 saturated heterocycles. The lowest BCUT2D eigenvalue weighted by Crippen LogP contribution is -2.53. The Labute approximate surface area is 228 Å². The van der Waals surface area contributed by atoms with Gasteiger partial charge in [0.15, 0.2) is 0 Å². The van der Waals surface area contributed by atoms with Crippen LogP contribution >= 0.6 is 22.9 Å². The van der Waals surface area contributed by atoms with E-state index in [1.165, 1.54) is 23.1 Å². The number of amides is 3. The van der Waals surface area contributed by atoms with Crippen LogP contribution < -0.4 is 20.9 Å². The van der Waals surface area contributed by atoms with Gasteiger partial charge in [-0.2, -0.15) is 0 Å². The van der Waals surface area contributed by atoms with Crippen LogP contribution in [0.5, 0.6) is 0 Å². The molecule has 3 fully saturated rings. The van der Waals surface area contributed by atoms with Crippen LogP contribution in [0.4, 0.5) is 20.2 Å². The molecule has 0 bridgehead atoms. The molecular formula is C26H29ClF2N4O4S. The number of ether oxygens (including phenoxy) is 1. The second kappa shape index (κ2) is 11.6. The Balaban J connectivity index is 1.31. The van der Waals surface area contributed by atoms with E-state index < -0.39 is 24.3 Å². The maximum Gasteiger partial charge on any atom is 0.265 e. The van der Waals surface area contributed by atoms with E-state index in [1.54, 1.807) is 12.1 Å². The molecule has 0 spiro atoms. The van der Waals surface area contributed by atoms with Gasteiger partial charge in [0.05, 0.1) is 21.5 Å². The smallest absolute Gasteiger partial charge is 0.265 e. The van der Waals surface area contributed by atoms with E-state index in [9.17, 15) is 23.2 Å². The summed E-state index contributed by atoms with van der Waals surface area (Å²) in [5, 5.41) is 8.99. The quantitative estimate of drug-likeness (QED) is 0.378. The first-order chi connectivity index (χ1) is 18.3. The Hall–Kier alpha value is -2.60. The number of alkyl halides is 2. The molecule has 0 radical (unpaired) electrons. The number of halogens is 3. The first-order valence-electron chi connectivity index (χ1n) is 12.7. The van der Waals surface area contributed by atoms with E-state index in [-0.39, 0.29) is 55.2 Å². The highest BCUT2D eigenvalue weighted by molar-refractivity contribution is 7.18. The van der Waals surface area contributed by atoms with Gasteiger partial charge in [-0.05, 0) is 67.9 Å². The number of thiophene rings is 1. The summed E-state index contributed by atoms with van der Waals surface area (Å²) >= 11 is 7.09. The minimum atomic E-state index is -2.85. The van der Waals surface area contributed by atoms with Gasteiger partial charge in [-0.25, -0.2) is 8.78 Å². The summed E-state index contributed by atoms with van der Waals surface area (Å²) in [6.45, 7) is 0.293. The third kappa shape index (κ3) is 6.51. The number of carbonyl (C=O) groups excluding carboxylic acids is 3. The largest absolute Gasteiger partial charge is 0.370 e. The minimum absolute atomic E-state index is 0.0260. The second-order valence-corrected chi connectivity index (χ2v) is 11.6. The number of hydrogen-bond donors (Lipinski definition) is 3. The molecule has 2 aliphatic carbocycles. The first kappa shape index (κ1) is 27.0. The maximum absolute atomic E-state index is 14.0. The molecule has 1 aromatic carbocycles. The Morgan fingerprint density at radius 1 is 1.13 bits per heavy atom. The van der Waals surface area contributed by atoms with Gasteiger partial charge in [0.25, 0.3) is 18.2 Å². The highest BCUT2D eigenvalue weighted by Crippen LogP contribution is 2.44. The van der Waals surface area contributed by atoms with Crippen molar-refractivity contribution in [2.75, 3.05) is 36.5 Å². The normalized spacial score (nSPS) is 18.7. The highest BCUT2D eigenvalue weighted by Gasteiger charge is 2.43. The van der Waals surface area contributed by atoms with Crippen LogP contribution in [-0.4, -0.2) is 56.1 Å². The fraction of sp³-hybridized carbons (Fsp3) is 0.500. The summed E-state index contributed by atoms with van der Waals surface area (Å²) in [5.74, 6) is -0.166. The van der Waals surface area contributed by atoms with Crippen molar-refractivity contribution >= 4 is 52.0 Å². The standard InChI is InChI=1S/C26H29ClF2N4O4S/c27-21-8-7-20(38-21)26(36)30-12-18(32-23(14-1-2-14)15-3-4-15)25(35)31-16-5-6-19(17(11-16)24(28)29)33-9-10-37-13-22(33)34/h5-8,11,14-15,18,23-24,32H,1-4,9-10,12-13H2,(H,30,36)(H,31,35)/t18-/m0/s1. The van der Waals surface area contributed by atoms with Crippen LogP contribution in [-0.2, 0) is 14.3 Å². The lowest BCUT2D eigenvalue weighted by Gasteiger charge is -2.29. The Bertz CT molecular complexity index is 1190. The molecule has 12 heteroatoms. The van der Waals surface area contributed by atoms with Crippen LogP contribution in [0.1, 0.15) is 47.3 Å². The predicted molar refractivity (Wildman–Crippen MR) is 141 cm³/mol. The van der Waals surface area contributed by atoms with Gasteiger partial charge in [-0.1, -0.05) is 11.6 Å². The van der Waals surface area contributed by atoms with Gasteiger partial charge in [0, 0.05) is 30.4 Å². The van der Waals surface area contributed by atoms with Crippen LogP contribution in [0.25, 0.3) is 0 Å². The van der Waals surface area contributed by atoms with Crippen molar-refractivity contribution < 1.29 is 27.9 Å². The van der Waals surface area contributed by atoms with Crippen molar-refractivity contribution in [2.45, 2.75) is 44.2 Å². The third-order valence-electron chi connectivity index (χ3n) is 7.04. The van der Waals surface area contributed by atoms with E-state index in [1.807, 2.05) is 0 Å². The Kier molecular flexibility index (Phi) is 8.27. The van der Waals surface area contributed by atoms with Gasteiger partial charge in [0.1, 0.15) is 12.6 Å². The molecule has 3 N–H and O–H groups in total. The van der Waals surface area contributed by atoms with Crippen LogP contribution in [0.15, 0.2) is 30.3 Å². The van der Waals surface area contributed by atoms with E-state index >= 15 is 0 Å². The van der Waals surface area contributed by atoms with Crippen molar-refractivity contribution in [3.05, 3.63) is 45.1 Å². The second-order valence-electron chi connectivity index (χ2n) is 9.90. The molecule has 2 aromatic rings. The molecule has 3 amide bonds. The number of nitrogens with one attached hydrogen (secondary N) is 3. The predicted octanol–water partition coefficient (Wildman–Crippen LogP) is 4.22. The number of nitrogens with zero attached hydrogens (tertiary/aromatic N) is 1. The van der Waals surface area contributed by atoms with Gasteiger partial charge >= 0.3 is 0 Å².